The van der Waals surface area contributed by atoms with Crippen LogP contribution in [0.3, 0.4) is 0 Å². The van der Waals surface area contributed by atoms with E-state index >= 15 is 0 Å². The number of hydrogen-bond acceptors (Lipinski definition) is 2. The molecule has 1 aliphatic heterocycles. The van der Waals surface area contributed by atoms with Crippen LogP contribution in [0, 0.1) is 5.92 Å². The van der Waals surface area contributed by atoms with Gasteiger partial charge in [0.1, 0.15) is 0 Å². The van der Waals surface area contributed by atoms with Crippen molar-refractivity contribution in [2.45, 2.75) is 38.8 Å². The van der Waals surface area contributed by atoms with Gasteiger partial charge < -0.3 is 10.1 Å². The Bertz CT molecular complexity index is 135. The quantitative estimate of drug-likeness (QED) is 0.755. The maximum absolute atomic E-state index is 5.55. The first-order valence-corrected chi connectivity index (χ1v) is 6.27. The van der Waals surface area contributed by atoms with Crippen molar-refractivity contribution in [3.05, 3.63) is 0 Å². The van der Waals surface area contributed by atoms with Crippen molar-refractivity contribution in [1.82, 2.24) is 5.32 Å². The van der Waals surface area contributed by atoms with E-state index in [0.29, 0.717) is 18.1 Å². The Balaban J connectivity index is 2.15. The summed E-state index contributed by atoms with van der Waals surface area (Å²) in [6.45, 7) is 6.45. The van der Waals surface area contributed by atoms with Gasteiger partial charge in [0, 0.05) is 24.5 Å². The van der Waals surface area contributed by atoms with Gasteiger partial charge in [0.2, 0.25) is 0 Å². The third-order valence-electron chi connectivity index (χ3n) is 2.60. The Labute approximate surface area is 89.5 Å². The minimum atomic E-state index is 0.459. The summed E-state index contributed by atoms with van der Waals surface area (Å²) < 4.78 is 5.55. The number of nitrogens with one attached hydrogen (secondary N) is 1. The molecule has 0 saturated carbocycles. The van der Waals surface area contributed by atoms with Crippen LogP contribution >= 0.6 is 15.9 Å². The van der Waals surface area contributed by atoms with Gasteiger partial charge in [0.05, 0.1) is 6.10 Å². The standard InChI is InChI=1S/C10H20BrNO/c1-8(2)10(6-11)12-7-9-4-3-5-13-9/h8-10,12H,3-7H2,1-2H3. The van der Waals surface area contributed by atoms with Gasteiger partial charge in [0.15, 0.2) is 0 Å². The largest absolute Gasteiger partial charge is 0.377 e. The van der Waals surface area contributed by atoms with Gasteiger partial charge in [-0.15, -0.1) is 0 Å². The number of hydrogen-bond donors (Lipinski definition) is 1. The first-order chi connectivity index (χ1) is 6.24. The highest BCUT2D eigenvalue weighted by atomic mass is 79.9. The molecule has 2 unspecified atom stereocenters. The summed E-state index contributed by atoms with van der Waals surface area (Å²) in [6, 6.07) is 0.573. The second kappa shape index (κ2) is 5.99. The molecule has 0 radical (unpaired) electrons. The molecule has 1 rings (SSSR count). The van der Waals surface area contributed by atoms with Gasteiger partial charge in [-0.05, 0) is 18.8 Å². The second-order valence-corrected chi connectivity index (χ2v) is 4.70. The molecule has 0 aromatic carbocycles. The molecule has 1 heterocycles. The zero-order valence-electron chi connectivity index (χ0n) is 8.55. The van der Waals surface area contributed by atoms with Crippen molar-refractivity contribution in [2.24, 2.45) is 5.92 Å². The van der Waals surface area contributed by atoms with Crippen LogP contribution in [0.1, 0.15) is 26.7 Å². The maximum atomic E-state index is 5.55. The van der Waals surface area contributed by atoms with Crippen molar-refractivity contribution in [3.8, 4) is 0 Å². The summed E-state index contributed by atoms with van der Waals surface area (Å²) in [7, 11) is 0. The van der Waals surface area contributed by atoms with Crippen LogP contribution in [-0.4, -0.2) is 30.6 Å². The third kappa shape index (κ3) is 3.96. The molecular weight excluding hydrogens is 230 g/mol. The van der Waals surface area contributed by atoms with E-state index < -0.39 is 0 Å². The number of rotatable bonds is 5. The minimum absolute atomic E-state index is 0.459. The molecule has 3 heteroatoms. The first kappa shape index (κ1) is 11.5. The van der Waals surface area contributed by atoms with E-state index in [1.54, 1.807) is 0 Å². The second-order valence-electron chi connectivity index (χ2n) is 4.05. The molecular formula is C10H20BrNO. The zero-order valence-corrected chi connectivity index (χ0v) is 10.1. The SMILES string of the molecule is CC(C)C(CBr)NCC1CCCO1. The van der Waals surface area contributed by atoms with Gasteiger partial charge in [-0.1, -0.05) is 29.8 Å². The highest BCUT2D eigenvalue weighted by Crippen LogP contribution is 2.12. The van der Waals surface area contributed by atoms with Gasteiger partial charge in [-0.3, -0.25) is 0 Å². The van der Waals surface area contributed by atoms with E-state index in [1.807, 2.05) is 0 Å². The Morgan fingerprint density at radius 3 is 2.77 bits per heavy atom. The van der Waals surface area contributed by atoms with Crippen molar-refractivity contribution in [3.63, 3.8) is 0 Å². The van der Waals surface area contributed by atoms with Gasteiger partial charge in [-0.25, -0.2) is 0 Å². The van der Waals surface area contributed by atoms with E-state index in [0.717, 1.165) is 18.5 Å². The summed E-state index contributed by atoms with van der Waals surface area (Å²) in [4.78, 5) is 0. The van der Waals surface area contributed by atoms with E-state index in [-0.39, 0.29) is 0 Å². The number of ether oxygens (including phenoxy) is 1. The van der Waals surface area contributed by atoms with Crippen molar-refractivity contribution in [2.75, 3.05) is 18.5 Å². The minimum Gasteiger partial charge on any atom is -0.377 e. The summed E-state index contributed by atoms with van der Waals surface area (Å²) in [5.74, 6) is 0.681. The highest BCUT2D eigenvalue weighted by Gasteiger charge is 2.18. The van der Waals surface area contributed by atoms with Crippen LogP contribution in [-0.2, 0) is 4.74 Å². The molecule has 1 N–H and O–H groups in total. The molecule has 0 spiro atoms. The first-order valence-electron chi connectivity index (χ1n) is 5.15. The third-order valence-corrected chi connectivity index (χ3v) is 3.30. The molecule has 1 saturated heterocycles. The molecule has 0 amide bonds. The lowest BCUT2D eigenvalue weighted by atomic mass is 10.1. The molecule has 0 aromatic heterocycles. The van der Waals surface area contributed by atoms with E-state index in [2.05, 4.69) is 35.1 Å². The fourth-order valence-corrected chi connectivity index (χ4v) is 2.53. The maximum Gasteiger partial charge on any atom is 0.0700 e. The normalized spacial score (nSPS) is 25.4. The lowest BCUT2D eigenvalue weighted by Gasteiger charge is -2.21. The molecule has 1 fully saturated rings. The number of alkyl halides is 1. The van der Waals surface area contributed by atoms with E-state index in [4.69, 9.17) is 4.74 Å². The smallest absolute Gasteiger partial charge is 0.0700 e. The summed E-state index contributed by atoms with van der Waals surface area (Å²) in [6.07, 6.45) is 2.91. The molecule has 2 nitrogen and oxygen atoms in total. The average molecular weight is 250 g/mol. The Kier molecular flexibility index (Phi) is 5.29. The summed E-state index contributed by atoms with van der Waals surface area (Å²) in [5.41, 5.74) is 0. The van der Waals surface area contributed by atoms with Crippen LogP contribution in [0.2, 0.25) is 0 Å². The lowest BCUT2D eigenvalue weighted by molar-refractivity contribution is 0.106. The molecule has 0 aliphatic carbocycles. The molecule has 78 valence electrons. The molecule has 13 heavy (non-hydrogen) atoms. The highest BCUT2D eigenvalue weighted by molar-refractivity contribution is 9.09. The molecule has 0 aromatic rings. The Morgan fingerprint density at radius 2 is 2.31 bits per heavy atom. The van der Waals surface area contributed by atoms with Crippen LogP contribution in [0.25, 0.3) is 0 Å². The summed E-state index contributed by atoms with van der Waals surface area (Å²) in [5, 5.41) is 4.56. The lowest BCUT2D eigenvalue weighted by Crippen LogP contribution is -2.39. The Morgan fingerprint density at radius 1 is 1.54 bits per heavy atom. The van der Waals surface area contributed by atoms with E-state index in [9.17, 15) is 0 Å². The van der Waals surface area contributed by atoms with Gasteiger partial charge >= 0.3 is 0 Å². The predicted octanol–water partition coefficient (Wildman–Crippen LogP) is 2.17. The Hall–Kier alpha value is 0.400. The number of halogens is 1. The predicted molar refractivity (Wildman–Crippen MR) is 59.4 cm³/mol. The molecule has 2 atom stereocenters. The van der Waals surface area contributed by atoms with Gasteiger partial charge in [0.25, 0.3) is 0 Å². The monoisotopic (exact) mass is 249 g/mol. The van der Waals surface area contributed by atoms with Crippen LogP contribution in [0.5, 0.6) is 0 Å². The van der Waals surface area contributed by atoms with Crippen LogP contribution < -0.4 is 5.32 Å². The average Bonchev–Trinajstić information content (AvgIpc) is 2.57. The fraction of sp³-hybridized carbons (Fsp3) is 1.00. The van der Waals surface area contributed by atoms with Crippen LogP contribution in [0.4, 0.5) is 0 Å². The van der Waals surface area contributed by atoms with Crippen molar-refractivity contribution < 1.29 is 4.74 Å². The van der Waals surface area contributed by atoms with Crippen LogP contribution in [0.15, 0.2) is 0 Å². The van der Waals surface area contributed by atoms with E-state index in [1.165, 1.54) is 12.8 Å². The summed E-state index contributed by atoms with van der Waals surface area (Å²) >= 11 is 3.52. The van der Waals surface area contributed by atoms with Gasteiger partial charge in [-0.2, -0.15) is 0 Å². The topological polar surface area (TPSA) is 21.3 Å². The molecule has 1 aliphatic rings. The zero-order chi connectivity index (χ0) is 9.68. The fourth-order valence-electron chi connectivity index (χ4n) is 1.56. The van der Waals surface area contributed by atoms with Crippen molar-refractivity contribution in [1.29, 1.82) is 0 Å². The molecule has 0 bridgehead atoms. The van der Waals surface area contributed by atoms with Crippen molar-refractivity contribution >= 4 is 15.9 Å².